The molecule has 98 valence electrons. The Morgan fingerprint density at radius 3 is 2.74 bits per heavy atom. The summed E-state index contributed by atoms with van der Waals surface area (Å²) < 4.78 is 0. The molecule has 0 fully saturated rings. The number of nitrogens with one attached hydrogen (secondary N) is 2. The minimum absolute atomic E-state index is 0.00988. The molecule has 2 aromatic rings. The van der Waals surface area contributed by atoms with E-state index in [0.717, 1.165) is 0 Å². The molecule has 0 aliphatic heterocycles. The van der Waals surface area contributed by atoms with Gasteiger partial charge in [0.25, 0.3) is 5.91 Å². The van der Waals surface area contributed by atoms with Crippen molar-refractivity contribution >= 4 is 34.9 Å². The Bertz CT molecular complexity index is 653. The van der Waals surface area contributed by atoms with Gasteiger partial charge in [-0.25, -0.2) is 4.79 Å². The molecule has 0 spiro atoms. The molecule has 19 heavy (non-hydrogen) atoms. The van der Waals surface area contributed by atoms with Gasteiger partial charge in [-0.3, -0.25) is 9.89 Å². The second-order valence-corrected chi connectivity index (χ2v) is 4.03. The van der Waals surface area contributed by atoms with Gasteiger partial charge in [0.1, 0.15) is 5.69 Å². The summed E-state index contributed by atoms with van der Waals surface area (Å²) in [7, 11) is 0. The van der Waals surface area contributed by atoms with Crippen molar-refractivity contribution in [2.75, 3.05) is 11.1 Å². The van der Waals surface area contributed by atoms with Gasteiger partial charge in [0, 0.05) is 0 Å². The predicted molar refractivity (Wildman–Crippen MR) is 69.4 cm³/mol. The van der Waals surface area contributed by atoms with E-state index in [-0.39, 0.29) is 27.7 Å². The zero-order chi connectivity index (χ0) is 14.0. The summed E-state index contributed by atoms with van der Waals surface area (Å²) >= 11 is 5.88. The topological polar surface area (TPSA) is 121 Å². The van der Waals surface area contributed by atoms with Crippen LogP contribution in [0.2, 0.25) is 5.02 Å². The van der Waals surface area contributed by atoms with Crippen molar-refractivity contribution in [3.63, 3.8) is 0 Å². The lowest BCUT2D eigenvalue weighted by molar-refractivity contribution is 0.0698. The summed E-state index contributed by atoms with van der Waals surface area (Å²) in [5.74, 6) is -1.82. The number of nitrogen functional groups attached to an aromatic ring is 1. The van der Waals surface area contributed by atoms with Crippen molar-refractivity contribution in [3.8, 4) is 0 Å². The zero-order valence-corrected chi connectivity index (χ0v) is 10.2. The van der Waals surface area contributed by atoms with Crippen LogP contribution in [0.15, 0.2) is 24.4 Å². The van der Waals surface area contributed by atoms with Crippen LogP contribution in [0.1, 0.15) is 20.8 Å². The molecular weight excluding hydrogens is 272 g/mol. The summed E-state index contributed by atoms with van der Waals surface area (Å²) in [6, 6.07) is 4.28. The number of hydrogen-bond donors (Lipinski definition) is 4. The lowest BCUT2D eigenvalue weighted by Crippen LogP contribution is -2.17. The van der Waals surface area contributed by atoms with Crippen LogP contribution < -0.4 is 11.1 Å². The third-order valence-corrected chi connectivity index (χ3v) is 2.69. The van der Waals surface area contributed by atoms with Crippen molar-refractivity contribution in [1.82, 2.24) is 10.2 Å². The first-order valence-corrected chi connectivity index (χ1v) is 5.50. The normalized spacial score (nSPS) is 10.2. The van der Waals surface area contributed by atoms with Crippen molar-refractivity contribution in [1.29, 1.82) is 0 Å². The lowest BCUT2D eigenvalue weighted by atomic mass is 10.1. The molecule has 0 aliphatic carbocycles. The van der Waals surface area contributed by atoms with Crippen LogP contribution >= 0.6 is 11.6 Å². The SMILES string of the molecule is Nc1cn[nH]c1C(=O)Nc1c(Cl)cccc1C(=O)O. The van der Waals surface area contributed by atoms with E-state index in [1.54, 1.807) is 0 Å². The number of nitrogens with zero attached hydrogens (tertiary/aromatic N) is 1. The monoisotopic (exact) mass is 280 g/mol. The van der Waals surface area contributed by atoms with E-state index in [9.17, 15) is 9.59 Å². The van der Waals surface area contributed by atoms with Crippen molar-refractivity contribution in [2.24, 2.45) is 0 Å². The highest BCUT2D eigenvalue weighted by Gasteiger charge is 2.18. The minimum Gasteiger partial charge on any atom is -0.478 e. The number of hydrogen-bond acceptors (Lipinski definition) is 4. The minimum atomic E-state index is -1.20. The van der Waals surface area contributed by atoms with E-state index in [1.165, 1.54) is 24.4 Å². The number of halogens is 1. The van der Waals surface area contributed by atoms with Gasteiger partial charge in [-0.2, -0.15) is 5.10 Å². The molecule has 2 rings (SSSR count). The van der Waals surface area contributed by atoms with E-state index >= 15 is 0 Å². The highest BCUT2D eigenvalue weighted by atomic mass is 35.5. The zero-order valence-electron chi connectivity index (χ0n) is 9.48. The van der Waals surface area contributed by atoms with Gasteiger partial charge in [-0.05, 0) is 12.1 Å². The molecule has 8 heteroatoms. The largest absolute Gasteiger partial charge is 0.478 e. The van der Waals surface area contributed by atoms with E-state index in [0.29, 0.717) is 0 Å². The second-order valence-electron chi connectivity index (χ2n) is 3.62. The number of anilines is 2. The molecule has 1 heterocycles. The summed E-state index contributed by atoms with van der Waals surface area (Å²) in [5.41, 5.74) is 5.62. The van der Waals surface area contributed by atoms with Crippen LogP contribution in [0.5, 0.6) is 0 Å². The Morgan fingerprint density at radius 2 is 2.16 bits per heavy atom. The number of rotatable bonds is 3. The molecule has 7 nitrogen and oxygen atoms in total. The number of nitrogens with two attached hydrogens (primary N) is 1. The molecule has 0 radical (unpaired) electrons. The van der Waals surface area contributed by atoms with Gasteiger partial charge in [0.15, 0.2) is 0 Å². The molecule has 1 aromatic carbocycles. The predicted octanol–water partition coefficient (Wildman–Crippen LogP) is 1.60. The highest BCUT2D eigenvalue weighted by Crippen LogP contribution is 2.26. The van der Waals surface area contributed by atoms with E-state index in [4.69, 9.17) is 22.4 Å². The molecule has 0 saturated carbocycles. The average molecular weight is 281 g/mol. The van der Waals surface area contributed by atoms with Gasteiger partial charge in [0.05, 0.1) is 28.2 Å². The average Bonchev–Trinajstić information content (AvgIpc) is 2.77. The Hall–Kier alpha value is -2.54. The molecule has 5 N–H and O–H groups in total. The number of aromatic nitrogens is 2. The molecule has 0 bridgehead atoms. The van der Waals surface area contributed by atoms with Gasteiger partial charge in [0.2, 0.25) is 0 Å². The maximum Gasteiger partial charge on any atom is 0.337 e. The van der Waals surface area contributed by atoms with Crippen molar-refractivity contribution in [2.45, 2.75) is 0 Å². The van der Waals surface area contributed by atoms with Crippen LogP contribution in [0, 0.1) is 0 Å². The molecule has 0 atom stereocenters. The standard InChI is InChI=1S/C11H9ClN4O3/c12-6-3-1-2-5(11(18)19)8(6)15-10(17)9-7(13)4-14-16-9/h1-4H,13H2,(H,14,16)(H,15,17)(H,18,19). The summed E-state index contributed by atoms with van der Waals surface area (Å²) in [5, 5.41) is 17.6. The first-order chi connectivity index (χ1) is 9.00. The maximum atomic E-state index is 11.9. The summed E-state index contributed by atoms with van der Waals surface area (Å²) in [6.45, 7) is 0. The number of aromatic carboxylic acids is 1. The second kappa shape index (κ2) is 4.99. The van der Waals surface area contributed by atoms with E-state index < -0.39 is 11.9 Å². The van der Waals surface area contributed by atoms with Crippen molar-refractivity contribution in [3.05, 3.63) is 40.7 Å². The molecule has 0 aliphatic rings. The summed E-state index contributed by atoms with van der Waals surface area (Å²) in [4.78, 5) is 23.0. The van der Waals surface area contributed by atoms with Gasteiger partial charge >= 0.3 is 5.97 Å². The number of H-pyrrole nitrogens is 1. The third-order valence-electron chi connectivity index (χ3n) is 2.38. The van der Waals surface area contributed by atoms with Crippen LogP contribution in [0.25, 0.3) is 0 Å². The summed E-state index contributed by atoms with van der Waals surface area (Å²) in [6.07, 6.45) is 1.28. The van der Waals surface area contributed by atoms with Crippen LogP contribution in [-0.4, -0.2) is 27.2 Å². The fourth-order valence-corrected chi connectivity index (χ4v) is 1.70. The van der Waals surface area contributed by atoms with Crippen LogP contribution in [0.3, 0.4) is 0 Å². The fraction of sp³-hybridized carbons (Fsp3) is 0. The number of carbonyl (C=O) groups excluding carboxylic acids is 1. The molecule has 0 saturated heterocycles. The Kier molecular flexibility index (Phi) is 3.39. The Labute approximate surface area is 112 Å². The third kappa shape index (κ3) is 2.50. The van der Waals surface area contributed by atoms with Gasteiger partial charge in [-0.1, -0.05) is 17.7 Å². The first kappa shape index (κ1) is 12.9. The molecule has 1 aromatic heterocycles. The number of amides is 1. The number of para-hydroxylation sites is 1. The van der Waals surface area contributed by atoms with E-state index in [2.05, 4.69) is 15.5 Å². The number of aromatic amines is 1. The molecule has 0 unspecified atom stereocenters. The Morgan fingerprint density at radius 1 is 1.42 bits per heavy atom. The fourth-order valence-electron chi connectivity index (χ4n) is 1.48. The lowest BCUT2D eigenvalue weighted by Gasteiger charge is -2.09. The molecule has 1 amide bonds. The van der Waals surface area contributed by atoms with Gasteiger partial charge in [-0.15, -0.1) is 0 Å². The number of carboxylic acid groups (broad SMARTS) is 1. The quantitative estimate of drug-likeness (QED) is 0.680. The first-order valence-electron chi connectivity index (χ1n) is 5.12. The van der Waals surface area contributed by atoms with Crippen LogP contribution in [0.4, 0.5) is 11.4 Å². The smallest absolute Gasteiger partial charge is 0.337 e. The van der Waals surface area contributed by atoms with Gasteiger partial charge < -0.3 is 16.2 Å². The molecular formula is C11H9ClN4O3. The van der Waals surface area contributed by atoms with Crippen LogP contribution in [-0.2, 0) is 0 Å². The maximum absolute atomic E-state index is 11.9. The van der Waals surface area contributed by atoms with Crippen molar-refractivity contribution < 1.29 is 14.7 Å². The Balaban J connectivity index is 2.36. The number of carboxylic acids is 1. The highest BCUT2D eigenvalue weighted by molar-refractivity contribution is 6.34. The number of benzene rings is 1. The van der Waals surface area contributed by atoms with E-state index in [1.807, 2.05) is 0 Å². The number of carbonyl (C=O) groups is 2.